The largest absolute Gasteiger partial charge is 0.493 e. The lowest BCUT2D eigenvalue weighted by atomic mass is 10.1. The van der Waals surface area contributed by atoms with Crippen molar-refractivity contribution in [3.63, 3.8) is 0 Å². The molecule has 0 unspecified atom stereocenters. The van der Waals surface area contributed by atoms with Crippen molar-refractivity contribution in [2.24, 2.45) is 0 Å². The summed E-state index contributed by atoms with van der Waals surface area (Å²) in [6.45, 7) is 2.63. The Morgan fingerprint density at radius 2 is 1.55 bits per heavy atom. The number of hydrogen-bond donors (Lipinski definition) is 1. The summed E-state index contributed by atoms with van der Waals surface area (Å²) in [5, 5.41) is 4.31. The van der Waals surface area contributed by atoms with E-state index in [2.05, 4.69) is 5.32 Å². The molecule has 0 radical (unpaired) electrons. The highest BCUT2D eigenvalue weighted by molar-refractivity contribution is 6.35. The highest BCUT2D eigenvalue weighted by atomic mass is 35.5. The van der Waals surface area contributed by atoms with Crippen molar-refractivity contribution in [2.45, 2.75) is 13.5 Å². The second-order valence-corrected chi connectivity index (χ2v) is 7.42. The fourth-order valence-electron chi connectivity index (χ4n) is 2.65. The summed E-state index contributed by atoms with van der Waals surface area (Å²) in [6.07, 6.45) is 0. The fourth-order valence-corrected chi connectivity index (χ4v) is 3.30. The van der Waals surface area contributed by atoms with E-state index in [1.54, 1.807) is 60.7 Å². The number of anilines is 1. The Kier molecular flexibility index (Phi) is 7.26. The molecule has 0 fully saturated rings. The molecule has 0 aliphatic heterocycles. The van der Waals surface area contributed by atoms with Crippen LogP contribution in [-0.2, 0) is 6.61 Å². The van der Waals surface area contributed by atoms with Gasteiger partial charge in [-0.3, -0.25) is 4.79 Å². The maximum atomic E-state index is 12.7. The lowest BCUT2D eigenvalue weighted by Gasteiger charge is -2.14. The van der Waals surface area contributed by atoms with Crippen LogP contribution >= 0.6 is 34.8 Å². The minimum atomic E-state index is -0.292. The lowest BCUT2D eigenvalue weighted by Crippen LogP contribution is -2.13. The number of halogens is 3. The molecule has 0 heterocycles. The van der Waals surface area contributed by atoms with Gasteiger partial charge in [-0.15, -0.1) is 0 Å². The van der Waals surface area contributed by atoms with Gasteiger partial charge in [0.15, 0.2) is 0 Å². The Bertz CT molecular complexity index is 986. The van der Waals surface area contributed by atoms with Gasteiger partial charge in [-0.25, -0.2) is 0 Å². The van der Waals surface area contributed by atoms with Crippen molar-refractivity contribution in [3.8, 4) is 11.5 Å². The summed E-state index contributed by atoms with van der Waals surface area (Å²) in [6, 6.07) is 17.1. The van der Waals surface area contributed by atoms with E-state index in [0.29, 0.717) is 44.4 Å². The van der Waals surface area contributed by atoms with E-state index in [0.717, 1.165) is 5.56 Å². The van der Waals surface area contributed by atoms with Crippen molar-refractivity contribution < 1.29 is 14.3 Å². The van der Waals surface area contributed by atoms with E-state index in [-0.39, 0.29) is 12.5 Å². The van der Waals surface area contributed by atoms with Crippen LogP contribution in [-0.4, -0.2) is 12.5 Å². The number of carbonyl (C=O) groups excluding carboxylic acids is 1. The molecule has 0 aromatic heterocycles. The average Bonchev–Trinajstić information content (AvgIpc) is 2.67. The van der Waals surface area contributed by atoms with Crippen LogP contribution in [0.4, 0.5) is 5.69 Å². The molecule has 0 saturated heterocycles. The zero-order valence-electron chi connectivity index (χ0n) is 15.5. The average molecular weight is 451 g/mol. The minimum absolute atomic E-state index is 0.237. The van der Waals surface area contributed by atoms with Gasteiger partial charge in [0.1, 0.15) is 18.1 Å². The van der Waals surface area contributed by atoms with Crippen LogP contribution in [0.2, 0.25) is 15.1 Å². The highest BCUT2D eigenvalue weighted by Crippen LogP contribution is 2.26. The molecule has 0 bridgehead atoms. The zero-order valence-corrected chi connectivity index (χ0v) is 17.8. The summed E-state index contributed by atoms with van der Waals surface area (Å²) >= 11 is 17.9. The number of benzene rings is 3. The topological polar surface area (TPSA) is 47.6 Å². The first kappa shape index (κ1) is 21.3. The zero-order chi connectivity index (χ0) is 20.8. The van der Waals surface area contributed by atoms with Crippen molar-refractivity contribution in [1.29, 1.82) is 0 Å². The summed E-state index contributed by atoms with van der Waals surface area (Å²) in [4.78, 5) is 12.7. The van der Waals surface area contributed by atoms with Crippen LogP contribution in [0.5, 0.6) is 11.5 Å². The molecule has 0 atom stereocenters. The minimum Gasteiger partial charge on any atom is -0.493 e. The molecular weight excluding hydrogens is 433 g/mol. The molecular formula is C22H18Cl3NO3. The molecule has 3 aromatic rings. The van der Waals surface area contributed by atoms with Gasteiger partial charge < -0.3 is 14.8 Å². The molecule has 7 heteroatoms. The van der Waals surface area contributed by atoms with Crippen molar-refractivity contribution >= 4 is 46.4 Å². The van der Waals surface area contributed by atoms with Crippen LogP contribution in [0, 0.1) is 0 Å². The smallest absolute Gasteiger partial charge is 0.255 e. The number of nitrogens with one attached hydrogen (secondary N) is 1. The maximum Gasteiger partial charge on any atom is 0.255 e. The Morgan fingerprint density at radius 3 is 2.21 bits per heavy atom. The second kappa shape index (κ2) is 9.88. The summed E-state index contributed by atoms with van der Waals surface area (Å²) < 4.78 is 11.5. The quantitative estimate of drug-likeness (QED) is 0.427. The second-order valence-electron chi connectivity index (χ2n) is 6.11. The number of rotatable bonds is 7. The first-order valence-electron chi connectivity index (χ1n) is 8.86. The van der Waals surface area contributed by atoms with Gasteiger partial charge >= 0.3 is 0 Å². The summed E-state index contributed by atoms with van der Waals surface area (Å²) in [5.74, 6) is 1.03. The first-order chi connectivity index (χ1) is 13.9. The normalized spacial score (nSPS) is 10.5. The monoisotopic (exact) mass is 449 g/mol. The Labute approximate surface area is 184 Å². The molecule has 3 aromatic carbocycles. The third kappa shape index (κ3) is 6.04. The van der Waals surface area contributed by atoms with E-state index >= 15 is 0 Å². The molecule has 4 nitrogen and oxygen atoms in total. The van der Waals surface area contributed by atoms with Gasteiger partial charge in [0.25, 0.3) is 5.91 Å². The van der Waals surface area contributed by atoms with Crippen LogP contribution < -0.4 is 14.8 Å². The van der Waals surface area contributed by atoms with Crippen LogP contribution in [0.25, 0.3) is 0 Å². The predicted octanol–water partition coefficient (Wildman–Crippen LogP) is 6.88. The number of amides is 1. The van der Waals surface area contributed by atoms with E-state index in [1.807, 2.05) is 6.92 Å². The van der Waals surface area contributed by atoms with Gasteiger partial charge in [-0.1, -0.05) is 34.8 Å². The van der Waals surface area contributed by atoms with Crippen LogP contribution in [0.3, 0.4) is 0 Å². The van der Waals surface area contributed by atoms with Gasteiger partial charge in [0, 0.05) is 31.9 Å². The lowest BCUT2D eigenvalue weighted by molar-refractivity contribution is 0.102. The van der Waals surface area contributed by atoms with E-state index in [9.17, 15) is 4.79 Å². The fraction of sp³-hybridized carbons (Fsp3) is 0.136. The van der Waals surface area contributed by atoms with Crippen molar-refractivity contribution in [3.05, 3.63) is 86.9 Å². The van der Waals surface area contributed by atoms with Gasteiger partial charge in [0.05, 0.1) is 6.61 Å². The Morgan fingerprint density at radius 1 is 0.862 bits per heavy atom. The number of carbonyl (C=O) groups is 1. The Balaban J connectivity index is 1.79. The first-order valence-corrected chi connectivity index (χ1v) is 9.99. The molecule has 150 valence electrons. The summed E-state index contributed by atoms with van der Waals surface area (Å²) in [5.41, 5.74) is 1.72. The van der Waals surface area contributed by atoms with E-state index in [1.165, 1.54) is 0 Å². The summed E-state index contributed by atoms with van der Waals surface area (Å²) in [7, 11) is 0. The van der Waals surface area contributed by atoms with Crippen LogP contribution in [0.15, 0.2) is 60.7 Å². The highest BCUT2D eigenvalue weighted by Gasteiger charge is 2.12. The third-order valence-electron chi connectivity index (χ3n) is 3.95. The van der Waals surface area contributed by atoms with Gasteiger partial charge in [0.2, 0.25) is 0 Å². The molecule has 1 N–H and O–H groups in total. The molecule has 0 aliphatic carbocycles. The van der Waals surface area contributed by atoms with E-state index < -0.39 is 0 Å². The van der Waals surface area contributed by atoms with E-state index in [4.69, 9.17) is 44.3 Å². The van der Waals surface area contributed by atoms with Gasteiger partial charge in [-0.05, 0) is 67.6 Å². The standard InChI is InChI=1S/C22H18Cl3NO3/c1-2-28-21-8-3-14(22(27)26-19-11-17(24)10-18(25)12-19)9-15(21)13-29-20-6-4-16(23)5-7-20/h3-12H,2,13H2,1H3,(H,26,27). The number of hydrogen-bond acceptors (Lipinski definition) is 3. The molecule has 29 heavy (non-hydrogen) atoms. The third-order valence-corrected chi connectivity index (χ3v) is 4.64. The molecule has 0 spiro atoms. The predicted molar refractivity (Wildman–Crippen MR) is 118 cm³/mol. The van der Waals surface area contributed by atoms with Gasteiger partial charge in [-0.2, -0.15) is 0 Å². The van der Waals surface area contributed by atoms with Crippen molar-refractivity contribution in [2.75, 3.05) is 11.9 Å². The molecule has 3 rings (SSSR count). The van der Waals surface area contributed by atoms with Crippen LogP contribution in [0.1, 0.15) is 22.8 Å². The SMILES string of the molecule is CCOc1ccc(C(=O)Nc2cc(Cl)cc(Cl)c2)cc1COc1ccc(Cl)cc1. The molecule has 0 aliphatic rings. The molecule has 0 saturated carbocycles. The molecule has 1 amide bonds. The Hall–Kier alpha value is -2.40. The number of ether oxygens (including phenoxy) is 2. The van der Waals surface area contributed by atoms with Crippen molar-refractivity contribution in [1.82, 2.24) is 0 Å². The maximum absolute atomic E-state index is 12.7.